The van der Waals surface area contributed by atoms with Crippen LogP contribution in [0.3, 0.4) is 0 Å². The van der Waals surface area contributed by atoms with E-state index in [0.717, 1.165) is 16.0 Å². The summed E-state index contributed by atoms with van der Waals surface area (Å²) < 4.78 is 5.35. The van der Waals surface area contributed by atoms with Gasteiger partial charge in [-0.25, -0.2) is 9.78 Å². The minimum atomic E-state index is -0.395. The Morgan fingerprint density at radius 3 is 2.70 bits per heavy atom. The molecule has 5 heteroatoms. The predicted molar refractivity (Wildman–Crippen MR) is 98.8 cm³/mol. The second-order valence-electron chi connectivity index (χ2n) is 4.71. The van der Waals surface area contributed by atoms with Crippen LogP contribution < -0.4 is 11.4 Å². The summed E-state index contributed by atoms with van der Waals surface area (Å²) >= 11 is 1.49. The maximum atomic E-state index is 12.2. The molecule has 4 nitrogen and oxygen atoms in total. The van der Waals surface area contributed by atoms with E-state index < -0.39 is 5.63 Å². The highest BCUT2D eigenvalue weighted by Crippen LogP contribution is 2.28. The Morgan fingerprint density at radius 2 is 2.00 bits per heavy atom. The summed E-state index contributed by atoms with van der Waals surface area (Å²) in [5.41, 5.74) is 7.73. The zero-order valence-corrected chi connectivity index (χ0v) is 14.5. The van der Waals surface area contributed by atoms with Crippen LogP contribution in [-0.4, -0.2) is 4.98 Å². The molecule has 0 saturated heterocycles. The standard InChI is InChI=1S/C16H14N2O2S.C2H6/c1-3-4-13-9(2)21-15(18-13)12-7-10-5-6-11(17)8-14(10)20-16(12)19;1-2/h3-8H,17H2,1-2H3;1-2H3/b4-3-;. The fourth-order valence-electron chi connectivity index (χ4n) is 2.11. The van der Waals surface area contributed by atoms with Gasteiger partial charge in [0.05, 0.1) is 11.3 Å². The fourth-order valence-corrected chi connectivity index (χ4v) is 3.02. The van der Waals surface area contributed by atoms with Crippen molar-refractivity contribution in [3.8, 4) is 10.6 Å². The molecule has 0 unspecified atom stereocenters. The van der Waals surface area contributed by atoms with Gasteiger partial charge in [0.25, 0.3) is 0 Å². The summed E-state index contributed by atoms with van der Waals surface area (Å²) in [7, 11) is 0. The quantitative estimate of drug-likeness (QED) is 0.538. The van der Waals surface area contributed by atoms with Gasteiger partial charge in [0, 0.05) is 22.0 Å². The van der Waals surface area contributed by atoms with Crippen molar-refractivity contribution >= 4 is 34.1 Å². The third kappa shape index (κ3) is 3.51. The molecular formula is C18H20N2O2S. The Labute approximate surface area is 139 Å². The van der Waals surface area contributed by atoms with Gasteiger partial charge in [-0.15, -0.1) is 11.3 Å². The van der Waals surface area contributed by atoms with E-state index in [-0.39, 0.29) is 0 Å². The Balaban J connectivity index is 0.000000924. The molecule has 0 saturated carbocycles. The van der Waals surface area contributed by atoms with E-state index in [9.17, 15) is 4.79 Å². The molecule has 0 aliphatic heterocycles. The van der Waals surface area contributed by atoms with Crippen LogP contribution in [0.15, 0.2) is 39.6 Å². The van der Waals surface area contributed by atoms with Gasteiger partial charge in [-0.05, 0) is 38.1 Å². The second-order valence-corrected chi connectivity index (χ2v) is 5.91. The molecule has 0 bridgehead atoms. The first-order chi connectivity index (χ1) is 11.1. The van der Waals surface area contributed by atoms with Crippen molar-refractivity contribution in [1.29, 1.82) is 0 Å². The average molecular weight is 328 g/mol. The van der Waals surface area contributed by atoms with Gasteiger partial charge in [0.1, 0.15) is 10.6 Å². The van der Waals surface area contributed by atoms with Crippen molar-refractivity contribution in [2.45, 2.75) is 27.7 Å². The number of aryl methyl sites for hydroxylation is 1. The van der Waals surface area contributed by atoms with Crippen molar-refractivity contribution in [2.75, 3.05) is 5.73 Å². The van der Waals surface area contributed by atoms with E-state index in [1.807, 2.05) is 45.9 Å². The van der Waals surface area contributed by atoms with E-state index in [0.29, 0.717) is 21.8 Å². The predicted octanol–water partition coefficient (Wildman–Crippen LogP) is 4.87. The van der Waals surface area contributed by atoms with Gasteiger partial charge < -0.3 is 10.2 Å². The van der Waals surface area contributed by atoms with Crippen molar-refractivity contribution in [1.82, 2.24) is 4.98 Å². The van der Waals surface area contributed by atoms with E-state index in [4.69, 9.17) is 10.2 Å². The minimum absolute atomic E-state index is 0.395. The summed E-state index contributed by atoms with van der Waals surface area (Å²) in [5, 5.41) is 1.51. The first-order valence-corrected chi connectivity index (χ1v) is 8.34. The van der Waals surface area contributed by atoms with E-state index in [1.165, 1.54) is 11.3 Å². The van der Waals surface area contributed by atoms with Gasteiger partial charge in [-0.1, -0.05) is 19.9 Å². The van der Waals surface area contributed by atoms with Gasteiger partial charge in [-0.2, -0.15) is 0 Å². The molecule has 0 aliphatic carbocycles. The fraction of sp³-hybridized carbons (Fsp3) is 0.222. The number of hydrogen-bond acceptors (Lipinski definition) is 5. The zero-order chi connectivity index (χ0) is 17.0. The van der Waals surface area contributed by atoms with Gasteiger partial charge in [0.2, 0.25) is 0 Å². The number of nitrogens with two attached hydrogens (primary N) is 1. The highest BCUT2D eigenvalue weighted by atomic mass is 32.1. The van der Waals surface area contributed by atoms with Crippen LogP contribution in [0.25, 0.3) is 27.6 Å². The lowest BCUT2D eigenvalue weighted by Crippen LogP contribution is -2.02. The molecule has 0 spiro atoms. The van der Waals surface area contributed by atoms with Crippen LogP contribution >= 0.6 is 11.3 Å². The Bertz CT molecular complexity index is 907. The topological polar surface area (TPSA) is 69.1 Å². The second kappa shape index (κ2) is 7.24. The third-order valence-electron chi connectivity index (χ3n) is 3.15. The number of fused-ring (bicyclic) bond motifs is 1. The van der Waals surface area contributed by atoms with Crippen molar-refractivity contribution in [2.24, 2.45) is 0 Å². The Kier molecular flexibility index (Phi) is 5.34. The van der Waals surface area contributed by atoms with Gasteiger partial charge in [-0.3, -0.25) is 0 Å². The number of nitrogen functional groups attached to an aromatic ring is 1. The van der Waals surface area contributed by atoms with Crippen LogP contribution in [0.4, 0.5) is 5.69 Å². The molecule has 2 heterocycles. The van der Waals surface area contributed by atoms with Gasteiger partial charge in [0.15, 0.2) is 0 Å². The number of allylic oxidation sites excluding steroid dienone is 1. The number of aromatic nitrogens is 1. The van der Waals surface area contributed by atoms with E-state index >= 15 is 0 Å². The Hall–Kier alpha value is -2.40. The molecule has 3 rings (SSSR count). The molecule has 0 atom stereocenters. The number of hydrogen-bond donors (Lipinski definition) is 1. The lowest BCUT2D eigenvalue weighted by atomic mass is 10.2. The monoisotopic (exact) mass is 328 g/mol. The summed E-state index contributed by atoms with van der Waals surface area (Å²) in [5.74, 6) is 0. The molecular weight excluding hydrogens is 308 g/mol. The van der Waals surface area contributed by atoms with Crippen LogP contribution in [0.1, 0.15) is 31.3 Å². The first kappa shape index (κ1) is 17.0. The molecule has 1 aromatic carbocycles. The average Bonchev–Trinajstić information content (AvgIpc) is 2.90. The normalized spacial score (nSPS) is 10.8. The minimum Gasteiger partial charge on any atom is -0.422 e. The highest BCUT2D eigenvalue weighted by molar-refractivity contribution is 7.15. The lowest BCUT2D eigenvalue weighted by Gasteiger charge is -2.00. The first-order valence-electron chi connectivity index (χ1n) is 7.52. The molecule has 0 fully saturated rings. The number of anilines is 1. The lowest BCUT2D eigenvalue weighted by molar-refractivity contribution is 0.563. The van der Waals surface area contributed by atoms with Crippen molar-refractivity contribution in [3.05, 3.63) is 51.3 Å². The number of nitrogens with zero attached hydrogens (tertiary/aromatic N) is 1. The van der Waals surface area contributed by atoms with Crippen molar-refractivity contribution in [3.63, 3.8) is 0 Å². The number of rotatable bonds is 2. The molecule has 23 heavy (non-hydrogen) atoms. The summed E-state index contributed by atoms with van der Waals surface area (Å²) in [6.07, 6.45) is 3.86. The van der Waals surface area contributed by atoms with Crippen LogP contribution in [0, 0.1) is 6.92 Å². The molecule has 120 valence electrons. The molecule has 2 N–H and O–H groups in total. The molecule has 0 radical (unpaired) electrons. The van der Waals surface area contributed by atoms with Crippen LogP contribution in [0.2, 0.25) is 0 Å². The summed E-state index contributed by atoms with van der Waals surface area (Å²) in [6.45, 7) is 7.92. The molecule has 3 aromatic rings. The summed E-state index contributed by atoms with van der Waals surface area (Å²) in [6, 6.07) is 7.08. The van der Waals surface area contributed by atoms with Crippen LogP contribution in [0.5, 0.6) is 0 Å². The highest BCUT2D eigenvalue weighted by Gasteiger charge is 2.13. The molecule has 0 aliphatic rings. The van der Waals surface area contributed by atoms with Crippen molar-refractivity contribution < 1.29 is 4.42 Å². The number of benzene rings is 1. The SMILES string of the molecule is C/C=C\c1nc(-c2cc3ccc(N)cc3oc2=O)sc1C.CC. The van der Waals surface area contributed by atoms with E-state index in [1.54, 1.807) is 18.2 Å². The molecule has 2 aromatic heterocycles. The maximum Gasteiger partial charge on any atom is 0.346 e. The zero-order valence-electron chi connectivity index (χ0n) is 13.7. The van der Waals surface area contributed by atoms with Gasteiger partial charge >= 0.3 is 5.63 Å². The van der Waals surface area contributed by atoms with E-state index in [2.05, 4.69) is 4.98 Å². The Morgan fingerprint density at radius 1 is 1.26 bits per heavy atom. The van der Waals surface area contributed by atoms with Crippen LogP contribution in [-0.2, 0) is 0 Å². The number of thiazole rings is 1. The summed E-state index contributed by atoms with van der Waals surface area (Å²) in [4.78, 5) is 17.7. The smallest absolute Gasteiger partial charge is 0.346 e. The maximum absolute atomic E-state index is 12.2. The molecule has 0 amide bonds. The third-order valence-corrected chi connectivity index (χ3v) is 4.17. The largest absolute Gasteiger partial charge is 0.422 e.